The molecule has 1 unspecified atom stereocenters. The Morgan fingerprint density at radius 2 is 1.59 bits per heavy atom. The molecule has 1 nitrogen and oxygen atoms in total. The summed E-state index contributed by atoms with van der Waals surface area (Å²) in [5.74, 6) is 0. The zero-order chi connectivity index (χ0) is 12.3. The van der Waals surface area contributed by atoms with Crippen molar-refractivity contribution in [2.45, 2.75) is 12.5 Å². The zero-order valence-corrected chi connectivity index (χ0v) is 12.3. The first-order valence-electron chi connectivity index (χ1n) is 5.33. The number of halogens is 2. The van der Waals surface area contributed by atoms with Crippen molar-refractivity contribution in [2.75, 3.05) is 0 Å². The third-order valence-electron chi connectivity index (χ3n) is 2.55. The lowest BCUT2D eigenvalue weighted by Gasteiger charge is -2.11. The van der Waals surface area contributed by atoms with Gasteiger partial charge >= 0.3 is 0 Å². The van der Waals surface area contributed by atoms with Crippen LogP contribution in [0.2, 0.25) is 0 Å². The Morgan fingerprint density at radius 1 is 0.941 bits per heavy atom. The van der Waals surface area contributed by atoms with Crippen LogP contribution in [-0.2, 0) is 6.42 Å². The summed E-state index contributed by atoms with van der Waals surface area (Å²) in [5, 5.41) is 10.2. The second-order valence-corrected chi connectivity index (χ2v) is 5.74. The number of hydrogen-bond acceptors (Lipinski definition) is 1. The van der Waals surface area contributed by atoms with Gasteiger partial charge in [0.1, 0.15) is 0 Å². The molecule has 17 heavy (non-hydrogen) atoms. The summed E-state index contributed by atoms with van der Waals surface area (Å²) in [5.41, 5.74) is 2.05. The predicted octanol–water partition coefficient (Wildman–Crippen LogP) is 4.49. The summed E-state index contributed by atoms with van der Waals surface area (Å²) >= 11 is 6.84. The van der Waals surface area contributed by atoms with Gasteiger partial charge in [-0.2, -0.15) is 0 Å². The van der Waals surface area contributed by atoms with Crippen LogP contribution in [0, 0.1) is 0 Å². The molecule has 0 aliphatic carbocycles. The molecule has 1 N–H and O–H groups in total. The smallest absolute Gasteiger partial charge is 0.0830 e. The third kappa shape index (κ3) is 3.66. The molecule has 2 aromatic rings. The van der Waals surface area contributed by atoms with Gasteiger partial charge in [0.05, 0.1) is 6.10 Å². The van der Waals surface area contributed by atoms with Crippen molar-refractivity contribution < 1.29 is 5.11 Å². The highest BCUT2D eigenvalue weighted by Crippen LogP contribution is 2.22. The lowest BCUT2D eigenvalue weighted by molar-refractivity contribution is 0.178. The maximum absolute atomic E-state index is 10.2. The third-order valence-corrected chi connectivity index (χ3v) is 3.54. The highest BCUT2D eigenvalue weighted by molar-refractivity contribution is 9.10. The van der Waals surface area contributed by atoms with E-state index in [0.29, 0.717) is 6.42 Å². The summed E-state index contributed by atoms with van der Waals surface area (Å²) in [4.78, 5) is 0. The average molecular weight is 356 g/mol. The molecule has 0 saturated heterocycles. The zero-order valence-electron chi connectivity index (χ0n) is 9.11. The van der Waals surface area contributed by atoms with Crippen molar-refractivity contribution in [3.05, 3.63) is 68.6 Å². The van der Waals surface area contributed by atoms with Crippen LogP contribution in [0.1, 0.15) is 17.2 Å². The van der Waals surface area contributed by atoms with Crippen LogP contribution >= 0.6 is 31.9 Å². The molecule has 0 amide bonds. The molecule has 0 aromatic heterocycles. The monoisotopic (exact) mass is 354 g/mol. The van der Waals surface area contributed by atoms with Crippen molar-refractivity contribution in [2.24, 2.45) is 0 Å². The normalized spacial score (nSPS) is 12.4. The standard InChI is InChI=1S/C14H12Br2O/c15-12-5-1-3-10(7-12)8-14(17)11-4-2-6-13(16)9-11/h1-7,9,14,17H,8H2. The van der Waals surface area contributed by atoms with Gasteiger partial charge in [0, 0.05) is 15.4 Å². The molecule has 0 aliphatic rings. The largest absolute Gasteiger partial charge is 0.388 e. The van der Waals surface area contributed by atoms with Crippen molar-refractivity contribution in [1.82, 2.24) is 0 Å². The van der Waals surface area contributed by atoms with E-state index in [4.69, 9.17) is 0 Å². The highest BCUT2D eigenvalue weighted by atomic mass is 79.9. The van der Waals surface area contributed by atoms with Crippen molar-refractivity contribution in [3.8, 4) is 0 Å². The Hall–Kier alpha value is -0.640. The first-order chi connectivity index (χ1) is 8.15. The SMILES string of the molecule is OC(Cc1cccc(Br)c1)c1cccc(Br)c1. The van der Waals surface area contributed by atoms with Gasteiger partial charge in [0.25, 0.3) is 0 Å². The average Bonchev–Trinajstić information content (AvgIpc) is 2.29. The summed E-state index contributed by atoms with van der Waals surface area (Å²) < 4.78 is 2.03. The van der Waals surface area contributed by atoms with Gasteiger partial charge in [-0.1, -0.05) is 56.1 Å². The Balaban J connectivity index is 2.14. The summed E-state index contributed by atoms with van der Waals surface area (Å²) in [6, 6.07) is 15.8. The second kappa shape index (κ2) is 5.80. The van der Waals surface area contributed by atoms with E-state index >= 15 is 0 Å². The Morgan fingerprint density at radius 3 is 2.24 bits per heavy atom. The van der Waals surface area contributed by atoms with E-state index in [2.05, 4.69) is 31.9 Å². The molecule has 0 spiro atoms. The van der Waals surface area contributed by atoms with E-state index in [9.17, 15) is 5.11 Å². The van der Waals surface area contributed by atoms with E-state index in [1.165, 1.54) is 0 Å². The maximum Gasteiger partial charge on any atom is 0.0830 e. The van der Waals surface area contributed by atoms with E-state index in [1.807, 2.05) is 48.5 Å². The van der Waals surface area contributed by atoms with Crippen molar-refractivity contribution in [1.29, 1.82) is 0 Å². The fraction of sp³-hybridized carbons (Fsp3) is 0.143. The molecule has 0 radical (unpaired) electrons. The van der Waals surface area contributed by atoms with E-state index in [1.54, 1.807) is 0 Å². The topological polar surface area (TPSA) is 20.2 Å². The number of aliphatic hydroxyl groups excluding tert-OH is 1. The second-order valence-electron chi connectivity index (χ2n) is 3.90. The van der Waals surface area contributed by atoms with Crippen LogP contribution in [0.4, 0.5) is 0 Å². The van der Waals surface area contributed by atoms with Crippen molar-refractivity contribution >= 4 is 31.9 Å². The van der Waals surface area contributed by atoms with Gasteiger partial charge in [-0.05, 0) is 35.4 Å². The van der Waals surface area contributed by atoms with Crippen LogP contribution in [0.5, 0.6) is 0 Å². The van der Waals surface area contributed by atoms with E-state index in [0.717, 1.165) is 20.1 Å². The minimum absolute atomic E-state index is 0.471. The van der Waals surface area contributed by atoms with Gasteiger partial charge in [-0.15, -0.1) is 0 Å². The summed E-state index contributed by atoms with van der Waals surface area (Å²) in [7, 11) is 0. The highest BCUT2D eigenvalue weighted by Gasteiger charge is 2.08. The van der Waals surface area contributed by atoms with Gasteiger partial charge in [-0.3, -0.25) is 0 Å². The van der Waals surface area contributed by atoms with Crippen molar-refractivity contribution in [3.63, 3.8) is 0 Å². The van der Waals surface area contributed by atoms with Gasteiger partial charge < -0.3 is 5.11 Å². The van der Waals surface area contributed by atoms with Crippen LogP contribution < -0.4 is 0 Å². The predicted molar refractivity (Wildman–Crippen MR) is 76.9 cm³/mol. The molecule has 0 heterocycles. The Labute approximate surface area is 118 Å². The number of hydrogen-bond donors (Lipinski definition) is 1. The summed E-state index contributed by atoms with van der Waals surface area (Å²) in [6.07, 6.45) is 0.150. The lowest BCUT2D eigenvalue weighted by Crippen LogP contribution is -2.01. The van der Waals surface area contributed by atoms with Gasteiger partial charge in [0.2, 0.25) is 0 Å². The van der Waals surface area contributed by atoms with Crippen LogP contribution in [-0.4, -0.2) is 5.11 Å². The fourth-order valence-electron chi connectivity index (χ4n) is 1.72. The van der Waals surface area contributed by atoms with Crippen LogP contribution in [0.15, 0.2) is 57.5 Å². The molecule has 1 atom stereocenters. The van der Waals surface area contributed by atoms with Crippen LogP contribution in [0.25, 0.3) is 0 Å². The molecule has 88 valence electrons. The quantitative estimate of drug-likeness (QED) is 0.860. The molecule has 0 saturated carbocycles. The Bertz CT molecular complexity index is 511. The fourth-order valence-corrected chi connectivity index (χ4v) is 2.58. The molecular weight excluding hydrogens is 344 g/mol. The Kier molecular flexibility index (Phi) is 4.37. The minimum Gasteiger partial charge on any atom is -0.388 e. The summed E-state index contributed by atoms with van der Waals surface area (Å²) in [6.45, 7) is 0. The first kappa shape index (κ1) is 12.8. The molecule has 0 aliphatic heterocycles. The lowest BCUT2D eigenvalue weighted by atomic mass is 10.0. The number of benzene rings is 2. The first-order valence-corrected chi connectivity index (χ1v) is 6.92. The minimum atomic E-state index is -0.471. The molecular formula is C14H12Br2O. The molecule has 2 aromatic carbocycles. The number of aliphatic hydroxyl groups is 1. The maximum atomic E-state index is 10.2. The van der Waals surface area contributed by atoms with Crippen LogP contribution in [0.3, 0.4) is 0 Å². The molecule has 2 rings (SSSR count). The van der Waals surface area contributed by atoms with E-state index < -0.39 is 6.10 Å². The molecule has 3 heteroatoms. The molecule has 0 bridgehead atoms. The van der Waals surface area contributed by atoms with Gasteiger partial charge in [-0.25, -0.2) is 0 Å². The van der Waals surface area contributed by atoms with E-state index in [-0.39, 0.29) is 0 Å². The number of rotatable bonds is 3. The molecule has 0 fully saturated rings. The van der Waals surface area contributed by atoms with Gasteiger partial charge in [0.15, 0.2) is 0 Å².